The largest absolute Gasteiger partial charge is 0.481 e. The molecule has 0 saturated carbocycles. The smallest absolute Gasteiger partial charge is 0.263 e. The third kappa shape index (κ3) is 5.06. The molecular formula is C28H34N4O2. The van der Waals surface area contributed by atoms with Crippen LogP contribution in [0.15, 0.2) is 42.5 Å². The third-order valence-corrected chi connectivity index (χ3v) is 6.82. The van der Waals surface area contributed by atoms with E-state index in [0.29, 0.717) is 13.1 Å². The number of carbonyl (C=O) groups excluding carboxylic acids is 1. The van der Waals surface area contributed by atoms with E-state index in [-0.39, 0.29) is 5.91 Å². The number of benzene rings is 2. The Kier molecular flexibility index (Phi) is 6.87. The molecule has 1 aliphatic rings. The summed E-state index contributed by atoms with van der Waals surface area (Å²) in [6.07, 6.45) is -0.520. The topological polar surface area (TPSA) is 58.6 Å². The van der Waals surface area contributed by atoms with Crippen LogP contribution < -0.4 is 9.64 Å². The highest BCUT2D eigenvalue weighted by Crippen LogP contribution is 2.26. The van der Waals surface area contributed by atoms with Crippen molar-refractivity contribution in [3.63, 3.8) is 0 Å². The average Bonchev–Trinajstić information content (AvgIpc) is 2.83. The Bertz CT molecular complexity index is 1180. The van der Waals surface area contributed by atoms with E-state index < -0.39 is 6.10 Å². The fourth-order valence-corrected chi connectivity index (χ4v) is 4.33. The van der Waals surface area contributed by atoms with Crippen molar-refractivity contribution in [2.24, 2.45) is 0 Å². The lowest BCUT2D eigenvalue weighted by molar-refractivity contribution is -0.138. The lowest BCUT2D eigenvalue weighted by atomic mass is 9.99. The zero-order valence-electron chi connectivity index (χ0n) is 21.1. The fourth-order valence-electron chi connectivity index (χ4n) is 4.33. The van der Waals surface area contributed by atoms with Crippen LogP contribution in [-0.4, -0.2) is 53.3 Å². The third-order valence-electron chi connectivity index (χ3n) is 6.82. The number of hydrogen-bond donors (Lipinski definition) is 0. The molecule has 1 aliphatic heterocycles. The van der Waals surface area contributed by atoms with Gasteiger partial charge >= 0.3 is 0 Å². The second kappa shape index (κ2) is 9.84. The van der Waals surface area contributed by atoms with Crippen molar-refractivity contribution in [1.29, 1.82) is 0 Å². The number of rotatable bonds is 5. The van der Waals surface area contributed by atoms with E-state index in [9.17, 15) is 4.79 Å². The molecule has 6 heteroatoms. The van der Waals surface area contributed by atoms with Gasteiger partial charge in [0.15, 0.2) is 11.9 Å². The monoisotopic (exact) mass is 458 g/mol. The lowest BCUT2D eigenvalue weighted by Crippen LogP contribution is -2.52. The van der Waals surface area contributed by atoms with Crippen LogP contribution in [0.2, 0.25) is 0 Å². The van der Waals surface area contributed by atoms with Crippen molar-refractivity contribution < 1.29 is 9.53 Å². The zero-order valence-corrected chi connectivity index (χ0v) is 21.1. The van der Waals surface area contributed by atoms with Crippen molar-refractivity contribution in [2.45, 2.75) is 47.6 Å². The predicted molar refractivity (Wildman–Crippen MR) is 136 cm³/mol. The molecule has 1 atom stereocenters. The molecule has 0 aliphatic carbocycles. The van der Waals surface area contributed by atoms with Gasteiger partial charge in [-0.15, -0.1) is 10.2 Å². The van der Waals surface area contributed by atoms with Gasteiger partial charge in [-0.1, -0.05) is 12.1 Å². The van der Waals surface area contributed by atoms with E-state index in [2.05, 4.69) is 54.9 Å². The lowest BCUT2D eigenvalue weighted by Gasteiger charge is -2.36. The molecule has 1 saturated heterocycles. The average molecular weight is 459 g/mol. The van der Waals surface area contributed by atoms with E-state index in [1.807, 2.05) is 49.1 Å². The summed E-state index contributed by atoms with van der Waals surface area (Å²) < 4.78 is 5.93. The number of aryl methyl sites for hydroxylation is 5. The molecular weight excluding hydrogens is 424 g/mol. The Morgan fingerprint density at radius 2 is 1.47 bits per heavy atom. The standard InChI is InChI=1S/C28H34N4O2/c1-18-7-8-24(16-20(18)3)34-23(6)28(33)32-13-11-31(12-14-32)27-10-9-26(29-30-27)25-17-21(4)19(2)15-22(25)5/h7-10,15-17,23H,11-14H2,1-6H3. The number of ether oxygens (including phenoxy) is 1. The first kappa shape index (κ1) is 23.7. The molecule has 0 spiro atoms. The number of carbonyl (C=O) groups is 1. The van der Waals surface area contributed by atoms with Crippen LogP contribution in [0.25, 0.3) is 11.3 Å². The van der Waals surface area contributed by atoms with Gasteiger partial charge in [-0.05, 0) is 99.7 Å². The Morgan fingerprint density at radius 1 is 0.794 bits per heavy atom. The summed E-state index contributed by atoms with van der Waals surface area (Å²) in [5.74, 6) is 1.60. The summed E-state index contributed by atoms with van der Waals surface area (Å²) in [6.45, 7) is 15.0. The Labute approximate surface area is 202 Å². The van der Waals surface area contributed by atoms with Crippen LogP contribution >= 0.6 is 0 Å². The van der Waals surface area contributed by atoms with Crippen LogP contribution in [0.4, 0.5) is 5.82 Å². The second-order valence-corrected chi connectivity index (χ2v) is 9.35. The first-order valence-corrected chi connectivity index (χ1v) is 11.9. The maximum Gasteiger partial charge on any atom is 0.263 e. The molecule has 0 bridgehead atoms. The number of anilines is 1. The molecule has 6 nitrogen and oxygen atoms in total. The first-order valence-electron chi connectivity index (χ1n) is 11.9. The maximum absolute atomic E-state index is 12.9. The predicted octanol–water partition coefficient (Wildman–Crippen LogP) is 4.80. The van der Waals surface area contributed by atoms with Crippen LogP contribution in [0.3, 0.4) is 0 Å². The van der Waals surface area contributed by atoms with Crippen LogP contribution in [0, 0.1) is 34.6 Å². The Balaban J connectivity index is 1.35. The molecule has 3 aromatic rings. The molecule has 34 heavy (non-hydrogen) atoms. The highest BCUT2D eigenvalue weighted by Gasteiger charge is 2.27. The van der Waals surface area contributed by atoms with E-state index in [1.165, 1.54) is 22.3 Å². The molecule has 2 aromatic carbocycles. The van der Waals surface area contributed by atoms with E-state index >= 15 is 0 Å². The van der Waals surface area contributed by atoms with Gasteiger partial charge in [0.2, 0.25) is 0 Å². The van der Waals surface area contributed by atoms with Crippen LogP contribution in [0.1, 0.15) is 34.7 Å². The SMILES string of the molecule is Cc1ccc(OC(C)C(=O)N2CCN(c3ccc(-c4cc(C)c(C)cc4C)nn3)CC2)cc1C. The summed E-state index contributed by atoms with van der Waals surface area (Å²) in [5.41, 5.74) is 8.11. The van der Waals surface area contributed by atoms with Gasteiger partial charge in [-0.3, -0.25) is 4.79 Å². The number of amides is 1. The van der Waals surface area contributed by atoms with Crippen molar-refractivity contribution in [1.82, 2.24) is 15.1 Å². The van der Waals surface area contributed by atoms with Crippen molar-refractivity contribution in [3.05, 3.63) is 70.3 Å². The van der Waals surface area contributed by atoms with Gasteiger partial charge in [0.1, 0.15) is 5.75 Å². The fraction of sp³-hybridized carbons (Fsp3) is 0.393. The number of piperazine rings is 1. The number of nitrogens with zero attached hydrogens (tertiary/aromatic N) is 4. The maximum atomic E-state index is 12.9. The van der Waals surface area contributed by atoms with E-state index in [0.717, 1.165) is 41.5 Å². The minimum absolute atomic E-state index is 0.0181. The molecule has 1 aromatic heterocycles. The molecule has 1 amide bonds. The molecule has 1 fully saturated rings. The minimum Gasteiger partial charge on any atom is -0.481 e. The quantitative estimate of drug-likeness (QED) is 0.550. The Morgan fingerprint density at radius 3 is 2.12 bits per heavy atom. The van der Waals surface area contributed by atoms with E-state index in [4.69, 9.17) is 4.74 Å². The normalized spacial score (nSPS) is 14.8. The summed E-state index contributed by atoms with van der Waals surface area (Å²) in [7, 11) is 0. The van der Waals surface area contributed by atoms with Gasteiger partial charge in [-0.25, -0.2) is 0 Å². The zero-order chi connectivity index (χ0) is 24.4. The van der Waals surface area contributed by atoms with E-state index in [1.54, 1.807) is 0 Å². The number of hydrogen-bond acceptors (Lipinski definition) is 5. The van der Waals surface area contributed by atoms with Crippen molar-refractivity contribution in [3.8, 4) is 17.0 Å². The van der Waals surface area contributed by atoms with Gasteiger partial charge in [0, 0.05) is 31.7 Å². The first-order chi connectivity index (χ1) is 16.2. The van der Waals surface area contributed by atoms with Crippen molar-refractivity contribution >= 4 is 11.7 Å². The summed E-state index contributed by atoms with van der Waals surface area (Å²) >= 11 is 0. The number of aromatic nitrogens is 2. The van der Waals surface area contributed by atoms with Crippen LogP contribution in [-0.2, 0) is 4.79 Å². The van der Waals surface area contributed by atoms with Gasteiger partial charge < -0.3 is 14.5 Å². The second-order valence-electron chi connectivity index (χ2n) is 9.35. The minimum atomic E-state index is -0.520. The highest BCUT2D eigenvalue weighted by atomic mass is 16.5. The van der Waals surface area contributed by atoms with Gasteiger partial charge in [0.25, 0.3) is 5.91 Å². The van der Waals surface area contributed by atoms with Gasteiger partial charge in [0.05, 0.1) is 5.69 Å². The molecule has 178 valence electrons. The molecule has 0 radical (unpaired) electrons. The molecule has 4 rings (SSSR count). The summed E-state index contributed by atoms with van der Waals surface area (Å²) in [4.78, 5) is 17.0. The summed E-state index contributed by atoms with van der Waals surface area (Å²) in [6, 6.07) is 14.4. The summed E-state index contributed by atoms with van der Waals surface area (Å²) in [5, 5.41) is 9.00. The Hall–Kier alpha value is -3.41. The molecule has 2 heterocycles. The highest BCUT2D eigenvalue weighted by molar-refractivity contribution is 5.81. The molecule has 0 N–H and O–H groups in total. The van der Waals surface area contributed by atoms with Crippen LogP contribution in [0.5, 0.6) is 5.75 Å². The van der Waals surface area contributed by atoms with Gasteiger partial charge in [-0.2, -0.15) is 0 Å². The van der Waals surface area contributed by atoms with Crippen molar-refractivity contribution in [2.75, 3.05) is 31.1 Å². The molecule has 1 unspecified atom stereocenters.